The number of nitrogens with one attached hydrogen (secondary N) is 2. The average molecular weight is 484 g/mol. The van der Waals surface area contributed by atoms with Crippen molar-refractivity contribution < 1.29 is 24.2 Å². The second-order valence-corrected chi connectivity index (χ2v) is 10.1. The number of para-hydroxylation sites is 1. The number of ether oxygens (including phenoxy) is 1. The van der Waals surface area contributed by atoms with Crippen LogP contribution in [-0.4, -0.2) is 46.6 Å². The highest BCUT2D eigenvalue weighted by Gasteiger charge is 2.34. The fourth-order valence-corrected chi connectivity index (χ4v) is 3.68. The second kappa shape index (κ2) is 11.7. The molecule has 190 valence electrons. The molecule has 0 aromatic heterocycles. The number of alkyl carbamates (subject to hydrolysis) is 1. The molecule has 35 heavy (non-hydrogen) atoms. The Balaban J connectivity index is 2.39. The number of aromatic hydroxyl groups is 1. The van der Waals surface area contributed by atoms with Crippen molar-refractivity contribution in [3.8, 4) is 5.75 Å². The van der Waals surface area contributed by atoms with Gasteiger partial charge >= 0.3 is 6.09 Å². The van der Waals surface area contributed by atoms with E-state index in [1.807, 2.05) is 39.0 Å². The van der Waals surface area contributed by atoms with Gasteiger partial charge in [0.25, 0.3) is 5.91 Å². The van der Waals surface area contributed by atoms with E-state index < -0.39 is 35.6 Å². The molecule has 0 aliphatic heterocycles. The first-order chi connectivity index (χ1) is 16.3. The number of benzene rings is 2. The van der Waals surface area contributed by atoms with Gasteiger partial charge in [-0.15, -0.1) is 0 Å². The maximum Gasteiger partial charge on any atom is 0.408 e. The molecule has 0 heterocycles. The van der Waals surface area contributed by atoms with Gasteiger partial charge in [0, 0.05) is 12.7 Å². The van der Waals surface area contributed by atoms with Gasteiger partial charge in [0.05, 0.1) is 0 Å². The third-order valence-electron chi connectivity index (χ3n) is 5.27. The van der Waals surface area contributed by atoms with Crippen LogP contribution in [0, 0.1) is 12.8 Å². The normalized spacial score (nSPS) is 13.0. The Bertz CT molecular complexity index is 1050. The summed E-state index contributed by atoms with van der Waals surface area (Å²) in [5.74, 6) is -0.825. The first kappa shape index (κ1) is 27.7. The summed E-state index contributed by atoms with van der Waals surface area (Å²) in [6, 6.07) is 11.6. The van der Waals surface area contributed by atoms with Gasteiger partial charge in [-0.05, 0) is 69.4 Å². The monoisotopic (exact) mass is 483 g/mol. The van der Waals surface area contributed by atoms with Crippen LogP contribution in [0.1, 0.15) is 58.2 Å². The van der Waals surface area contributed by atoms with E-state index in [1.165, 1.54) is 24.1 Å². The molecule has 2 aromatic rings. The summed E-state index contributed by atoms with van der Waals surface area (Å²) in [6.45, 7) is 11.0. The van der Waals surface area contributed by atoms with E-state index in [4.69, 9.17) is 4.74 Å². The number of nitrogens with zero attached hydrogens (tertiary/aromatic N) is 1. The van der Waals surface area contributed by atoms with Crippen molar-refractivity contribution in [2.45, 2.75) is 65.6 Å². The number of aryl methyl sites for hydroxylation is 1. The molecule has 8 nitrogen and oxygen atoms in total. The number of amides is 3. The van der Waals surface area contributed by atoms with Crippen LogP contribution in [0.2, 0.25) is 0 Å². The van der Waals surface area contributed by atoms with Gasteiger partial charge in [-0.2, -0.15) is 0 Å². The molecule has 8 heteroatoms. The van der Waals surface area contributed by atoms with Crippen molar-refractivity contribution in [3.05, 3.63) is 59.7 Å². The van der Waals surface area contributed by atoms with E-state index in [0.717, 1.165) is 5.56 Å². The molecule has 0 aliphatic rings. The molecular weight excluding hydrogens is 446 g/mol. The number of hydrogen-bond acceptors (Lipinski definition) is 5. The predicted molar refractivity (Wildman–Crippen MR) is 136 cm³/mol. The number of phenols is 1. The van der Waals surface area contributed by atoms with Crippen LogP contribution >= 0.6 is 0 Å². The standard InChI is InChI=1S/C27H37N3O5/c1-17(2)15-22(29-26(34)35-27(4,5)6)25(33)30(7)23(19-12-10-13-20(31)16-19)24(32)28-21-14-9-8-11-18(21)3/h8-14,16-17,22-23,31H,15H2,1-7H3,(H,28,32)(H,29,34). The SMILES string of the molecule is Cc1ccccc1NC(=O)C(c1cccc(O)c1)N(C)C(=O)C(CC(C)C)NC(=O)OC(C)(C)C. The summed E-state index contributed by atoms with van der Waals surface area (Å²) < 4.78 is 5.35. The number of carbonyl (C=O) groups excluding carboxylic acids is 3. The van der Waals surface area contributed by atoms with Gasteiger partial charge in [-0.25, -0.2) is 4.79 Å². The van der Waals surface area contributed by atoms with E-state index >= 15 is 0 Å². The molecule has 0 saturated carbocycles. The van der Waals surface area contributed by atoms with Crippen LogP contribution in [0.4, 0.5) is 10.5 Å². The van der Waals surface area contributed by atoms with E-state index in [2.05, 4.69) is 10.6 Å². The number of hydrogen-bond donors (Lipinski definition) is 3. The summed E-state index contributed by atoms with van der Waals surface area (Å²) in [7, 11) is 1.51. The van der Waals surface area contributed by atoms with E-state index in [9.17, 15) is 19.5 Å². The van der Waals surface area contributed by atoms with Gasteiger partial charge in [0.15, 0.2) is 0 Å². The van der Waals surface area contributed by atoms with Crippen molar-refractivity contribution in [1.82, 2.24) is 10.2 Å². The van der Waals surface area contributed by atoms with Crippen molar-refractivity contribution in [1.29, 1.82) is 0 Å². The third kappa shape index (κ3) is 8.31. The van der Waals surface area contributed by atoms with Gasteiger partial charge < -0.3 is 25.4 Å². The number of rotatable bonds is 8. The van der Waals surface area contributed by atoms with E-state index in [1.54, 1.807) is 39.0 Å². The number of carbonyl (C=O) groups is 3. The lowest BCUT2D eigenvalue weighted by molar-refractivity contribution is -0.139. The van der Waals surface area contributed by atoms with Crippen molar-refractivity contribution >= 4 is 23.6 Å². The lowest BCUT2D eigenvalue weighted by Gasteiger charge is -2.32. The van der Waals surface area contributed by atoms with Crippen LogP contribution < -0.4 is 10.6 Å². The van der Waals surface area contributed by atoms with E-state index in [-0.39, 0.29) is 11.7 Å². The minimum Gasteiger partial charge on any atom is -0.508 e. The Morgan fingerprint density at radius 3 is 2.29 bits per heavy atom. The average Bonchev–Trinajstić information content (AvgIpc) is 2.73. The van der Waals surface area contributed by atoms with Crippen molar-refractivity contribution in [2.75, 3.05) is 12.4 Å². The fraction of sp³-hybridized carbons (Fsp3) is 0.444. The molecule has 0 radical (unpaired) electrons. The topological polar surface area (TPSA) is 108 Å². The van der Waals surface area contributed by atoms with Gasteiger partial charge in [0.2, 0.25) is 5.91 Å². The molecule has 0 fully saturated rings. The molecule has 2 atom stereocenters. The molecular formula is C27H37N3O5. The summed E-state index contributed by atoms with van der Waals surface area (Å²) in [5.41, 5.74) is 1.20. The molecule has 0 spiro atoms. The first-order valence-electron chi connectivity index (χ1n) is 11.7. The summed E-state index contributed by atoms with van der Waals surface area (Å²) in [6.07, 6.45) is -0.350. The second-order valence-electron chi connectivity index (χ2n) is 10.1. The number of phenolic OH excluding ortho intramolecular Hbond substituents is 1. The maximum atomic E-state index is 13.6. The lowest BCUT2D eigenvalue weighted by Crippen LogP contribution is -2.51. The number of likely N-dealkylation sites (N-methyl/N-ethyl adjacent to an activating group) is 1. The van der Waals surface area contributed by atoms with Crippen molar-refractivity contribution in [3.63, 3.8) is 0 Å². The van der Waals surface area contributed by atoms with Gasteiger partial charge in [0.1, 0.15) is 23.4 Å². The Morgan fingerprint density at radius 1 is 1.06 bits per heavy atom. The zero-order valence-electron chi connectivity index (χ0n) is 21.6. The molecule has 2 unspecified atom stereocenters. The fourth-order valence-electron chi connectivity index (χ4n) is 3.68. The Labute approximate surface area is 207 Å². The maximum absolute atomic E-state index is 13.6. The molecule has 3 N–H and O–H groups in total. The highest BCUT2D eigenvalue weighted by atomic mass is 16.6. The number of anilines is 1. The lowest BCUT2D eigenvalue weighted by atomic mass is 9.99. The largest absolute Gasteiger partial charge is 0.508 e. The summed E-state index contributed by atoms with van der Waals surface area (Å²) >= 11 is 0. The van der Waals surface area contributed by atoms with Crippen LogP contribution in [0.3, 0.4) is 0 Å². The van der Waals surface area contributed by atoms with Gasteiger partial charge in [-0.1, -0.05) is 44.2 Å². The molecule has 2 aromatic carbocycles. The summed E-state index contributed by atoms with van der Waals surface area (Å²) in [5, 5.41) is 15.6. The van der Waals surface area contributed by atoms with Crippen LogP contribution in [0.5, 0.6) is 5.75 Å². The molecule has 3 amide bonds. The zero-order valence-corrected chi connectivity index (χ0v) is 21.6. The van der Waals surface area contributed by atoms with Crippen LogP contribution in [0.25, 0.3) is 0 Å². The molecule has 0 aliphatic carbocycles. The minimum atomic E-state index is -1.05. The minimum absolute atomic E-state index is 0.0253. The Morgan fingerprint density at radius 2 is 1.71 bits per heavy atom. The van der Waals surface area contributed by atoms with Gasteiger partial charge in [-0.3, -0.25) is 9.59 Å². The molecule has 0 bridgehead atoms. The van der Waals surface area contributed by atoms with E-state index in [0.29, 0.717) is 17.7 Å². The Kier molecular flexibility index (Phi) is 9.28. The van der Waals surface area contributed by atoms with Crippen LogP contribution in [-0.2, 0) is 14.3 Å². The zero-order chi connectivity index (χ0) is 26.3. The van der Waals surface area contributed by atoms with Crippen LogP contribution in [0.15, 0.2) is 48.5 Å². The smallest absolute Gasteiger partial charge is 0.408 e. The first-order valence-corrected chi connectivity index (χ1v) is 11.7. The molecule has 0 saturated heterocycles. The quantitative estimate of drug-likeness (QED) is 0.501. The highest BCUT2D eigenvalue weighted by Crippen LogP contribution is 2.27. The summed E-state index contributed by atoms with van der Waals surface area (Å²) in [4.78, 5) is 40.9. The molecule has 2 rings (SSSR count). The van der Waals surface area contributed by atoms with Crippen molar-refractivity contribution in [2.24, 2.45) is 5.92 Å². The Hall–Kier alpha value is -3.55. The highest BCUT2D eigenvalue weighted by molar-refractivity contribution is 5.99. The predicted octanol–water partition coefficient (Wildman–Crippen LogP) is 4.78. The third-order valence-corrected chi connectivity index (χ3v) is 5.27.